The number of nitrogens with zero attached hydrogens (tertiary/aromatic N) is 2. The quantitative estimate of drug-likeness (QED) is 0.541. The Morgan fingerprint density at radius 2 is 1.85 bits per heavy atom. The number of hydrogen-bond acceptors (Lipinski definition) is 5. The lowest BCUT2D eigenvalue weighted by Gasteiger charge is -2.23. The highest BCUT2D eigenvalue weighted by Crippen LogP contribution is 2.32. The Kier molecular flexibility index (Phi) is 7.66. The van der Waals surface area contributed by atoms with E-state index in [1.165, 1.54) is 16.7 Å². The van der Waals surface area contributed by atoms with Crippen LogP contribution in [0.25, 0.3) is 6.08 Å². The second kappa shape index (κ2) is 9.73. The summed E-state index contributed by atoms with van der Waals surface area (Å²) in [7, 11) is 0. The monoisotopic (exact) mass is 392 g/mol. The van der Waals surface area contributed by atoms with Crippen LogP contribution in [0, 0.1) is 0 Å². The molecular weight excluding hydrogens is 368 g/mol. The first-order valence-corrected chi connectivity index (χ1v) is 10.0. The van der Waals surface area contributed by atoms with Gasteiger partial charge in [0.05, 0.1) is 4.91 Å². The number of phenolic OH excluding ortho intramolecular Hbond substituents is 1. The molecule has 1 heterocycles. The minimum atomic E-state index is -0.168. The molecule has 140 valence electrons. The zero-order chi connectivity index (χ0) is 19.1. The van der Waals surface area contributed by atoms with Crippen LogP contribution in [0.5, 0.6) is 5.75 Å². The molecule has 0 unspecified atom stereocenters. The van der Waals surface area contributed by atoms with E-state index >= 15 is 0 Å². The van der Waals surface area contributed by atoms with E-state index < -0.39 is 0 Å². The van der Waals surface area contributed by atoms with Gasteiger partial charge in [-0.15, -0.1) is 0 Å². The van der Waals surface area contributed by atoms with Crippen molar-refractivity contribution in [2.24, 2.45) is 0 Å². The topological polar surface area (TPSA) is 60.9 Å². The number of amides is 2. The van der Waals surface area contributed by atoms with Crippen LogP contribution in [0.1, 0.15) is 38.7 Å². The summed E-state index contributed by atoms with van der Waals surface area (Å²) in [4.78, 5) is 28.9. The lowest BCUT2D eigenvalue weighted by Crippen LogP contribution is -2.37. The maximum absolute atomic E-state index is 12.6. The maximum atomic E-state index is 12.6. The summed E-state index contributed by atoms with van der Waals surface area (Å²) in [6, 6.07) is 6.61. The van der Waals surface area contributed by atoms with Gasteiger partial charge in [0.1, 0.15) is 10.1 Å². The summed E-state index contributed by atoms with van der Waals surface area (Å²) in [5, 5.41) is 9.34. The van der Waals surface area contributed by atoms with E-state index in [-0.39, 0.29) is 24.0 Å². The number of thiocarbonyl (C=S) groups is 1. The van der Waals surface area contributed by atoms with Crippen molar-refractivity contribution in [3.63, 3.8) is 0 Å². The van der Waals surface area contributed by atoms with Crippen LogP contribution in [-0.2, 0) is 9.59 Å². The van der Waals surface area contributed by atoms with Gasteiger partial charge < -0.3 is 10.0 Å². The Morgan fingerprint density at radius 1 is 1.23 bits per heavy atom. The van der Waals surface area contributed by atoms with E-state index in [0.29, 0.717) is 15.8 Å². The van der Waals surface area contributed by atoms with Gasteiger partial charge in [-0.2, -0.15) is 0 Å². The standard InChI is InChI=1S/C19H24N2O3S2/c1-3-10-20(11-4-2)17(23)9-12-21-18(24)16(26-19(21)25)13-14-5-7-15(22)8-6-14/h5-8,13,22H,3-4,9-12H2,1-2H3/b16-13-. The second-order valence-electron chi connectivity index (χ2n) is 6.06. The van der Waals surface area contributed by atoms with Crippen LogP contribution < -0.4 is 0 Å². The van der Waals surface area contributed by atoms with Crippen LogP contribution in [-0.4, -0.2) is 50.7 Å². The molecule has 0 radical (unpaired) electrons. The Balaban J connectivity index is 2.00. The lowest BCUT2D eigenvalue weighted by atomic mass is 10.2. The molecule has 1 N–H and O–H groups in total. The zero-order valence-electron chi connectivity index (χ0n) is 15.1. The third-order valence-corrected chi connectivity index (χ3v) is 5.33. The van der Waals surface area contributed by atoms with Crippen LogP contribution in [0.2, 0.25) is 0 Å². The van der Waals surface area contributed by atoms with Crippen molar-refractivity contribution >= 4 is 46.2 Å². The molecule has 0 aromatic heterocycles. The summed E-state index contributed by atoms with van der Waals surface area (Å²) >= 11 is 6.56. The molecule has 0 spiro atoms. The third-order valence-electron chi connectivity index (χ3n) is 3.95. The van der Waals surface area contributed by atoms with E-state index in [1.807, 2.05) is 18.7 Å². The van der Waals surface area contributed by atoms with Gasteiger partial charge in [0.25, 0.3) is 5.91 Å². The Hall–Kier alpha value is -1.86. The highest BCUT2D eigenvalue weighted by atomic mass is 32.2. The van der Waals surface area contributed by atoms with E-state index in [4.69, 9.17) is 12.2 Å². The number of aromatic hydroxyl groups is 1. The van der Waals surface area contributed by atoms with E-state index in [1.54, 1.807) is 30.3 Å². The number of carbonyl (C=O) groups excluding carboxylic acids is 2. The van der Waals surface area contributed by atoms with Crippen molar-refractivity contribution < 1.29 is 14.7 Å². The van der Waals surface area contributed by atoms with Crippen molar-refractivity contribution in [1.82, 2.24) is 9.80 Å². The predicted octanol–water partition coefficient (Wildman–Crippen LogP) is 3.63. The number of phenols is 1. The summed E-state index contributed by atoms with van der Waals surface area (Å²) < 4.78 is 0.477. The molecule has 0 atom stereocenters. The zero-order valence-corrected chi connectivity index (χ0v) is 16.7. The van der Waals surface area contributed by atoms with Gasteiger partial charge in [0.15, 0.2) is 0 Å². The molecular formula is C19H24N2O3S2. The minimum absolute atomic E-state index is 0.0604. The first-order valence-electron chi connectivity index (χ1n) is 8.78. The van der Waals surface area contributed by atoms with Crippen LogP contribution >= 0.6 is 24.0 Å². The third kappa shape index (κ3) is 5.32. The number of carbonyl (C=O) groups is 2. The van der Waals surface area contributed by atoms with E-state index in [2.05, 4.69) is 0 Å². The Morgan fingerprint density at radius 3 is 2.42 bits per heavy atom. The molecule has 2 amide bonds. The molecule has 1 aliphatic heterocycles. The summed E-state index contributed by atoms with van der Waals surface area (Å²) in [5.74, 6) is 0.0700. The van der Waals surface area contributed by atoms with Gasteiger partial charge in [-0.3, -0.25) is 14.5 Å². The Labute approximate surface area is 164 Å². The fraction of sp³-hybridized carbons (Fsp3) is 0.421. The van der Waals surface area contributed by atoms with E-state index in [9.17, 15) is 14.7 Å². The van der Waals surface area contributed by atoms with Crippen molar-refractivity contribution in [2.45, 2.75) is 33.1 Å². The van der Waals surface area contributed by atoms with Crippen molar-refractivity contribution in [2.75, 3.05) is 19.6 Å². The molecule has 1 aromatic rings. The first-order chi connectivity index (χ1) is 12.5. The van der Waals surface area contributed by atoms with Crippen molar-refractivity contribution in [3.05, 3.63) is 34.7 Å². The molecule has 26 heavy (non-hydrogen) atoms. The molecule has 0 bridgehead atoms. The molecule has 7 heteroatoms. The fourth-order valence-corrected chi connectivity index (χ4v) is 3.99. The smallest absolute Gasteiger partial charge is 0.266 e. The van der Waals surface area contributed by atoms with Crippen LogP contribution in [0.4, 0.5) is 0 Å². The molecule has 1 saturated heterocycles. The van der Waals surface area contributed by atoms with Gasteiger partial charge in [0, 0.05) is 26.1 Å². The van der Waals surface area contributed by atoms with E-state index in [0.717, 1.165) is 31.5 Å². The molecule has 0 saturated carbocycles. The lowest BCUT2D eigenvalue weighted by molar-refractivity contribution is -0.131. The van der Waals surface area contributed by atoms with Gasteiger partial charge in [0.2, 0.25) is 5.91 Å². The number of rotatable bonds is 8. The molecule has 1 aromatic carbocycles. The van der Waals surface area contributed by atoms with Crippen molar-refractivity contribution in [1.29, 1.82) is 0 Å². The second-order valence-corrected chi connectivity index (χ2v) is 7.73. The molecule has 5 nitrogen and oxygen atoms in total. The molecule has 0 aliphatic carbocycles. The SMILES string of the molecule is CCCN(CCC)C(=O)CCN1C(=O)/C(=C/c2ccc(O)cc2)SC1=S. The maximum Gasteiger partial charge on any atom is 0.266 e. The van der Waals surface area contributed by atoms with Crippen LogP contribution in [0.15, 0.2) is 29.2 Å². The van der Waals surface area contributed by atoms with Gasteiger partial charge in [-0.1, -0.05) is 50.0 Å². The highest BCUT2D eigenvalue weighted by Gasteiger charge is 2.32. The Bertz CT molecular complexity index is 695. The summed E-state index contributed by atoms with van der Waals surface area (Å²) in [6.45, 7) is 5.89. The van der Waals surface area contributed by atoms with Crippen LogP contribution in [0.3, 0.4) is 0 Å². The van der Waals surface area contributed by atoms with Gasteiger partial charge in [-0.25, -0.2) is 0 Å². The van der Waals surface area contributed by atoms with Gasteiger partial charge in [-0.05, 0) is 36.6 Å². The predicted molar refractivity (Wildman–Crippen MR) is 110 cm³/mol. The molecule has 1 fully saturated rings. The minimum Gasteiger partial charge on any atom is -0.508 e. The fourth-order valence-electron chi connectivity index (χ4n) is 2.68. The average molecular weight is 393 g/mol. The van der Waals surface area contributed by atoms with Crippen molar-refractivity contribution in [3.8, 4) is 5.75 Å². The molecule has 1 aliphatic rings. The van der Waals surface area contributed by atoms with Gasteiger partial charge >= 0.3 is 0 Å². The number of benzene rings is 1. The first kappa shape index (κ1) is 20.5. The molecule has 2 rings (SSSR count). The summed E-state index contributed by atoms with van der Waals surface area (Å²) in [6.07, 6.45) is 3.87. The summed E-state index contributed by atoms with van der Waals surface area (Å²) in [5.41, 5.74) is 0.816. The number of hydrogen-bond donors (Lipinski definition) is 1. The normalized spacial score (nSPS) is 15.8. The number of thioether (sulfide) groups is 1. The largest absolute Gasteiger partial charge is 0.508 e. The average Bonchev–Trinajstić information content (AvgIpc) is 2.88. The highest BCUT2D eigenvalue weighted by molar-refractivity contribution is 8.26.